The molecule has 0 aliphatic heterocycles. The molecule has 0 atom stereocenters. The molecule has 7 nitrogen and oxygen atoms in total. The Kier molecular flexibility index (Phi) is 8.60. The highest BCUT2D eigenvalue weighted by atomic mass is 19.4. The molecule has 15 heteroatoms. The molecule has 0 aromatic carbocycles. The third-order valence-electron chi connectivity index (χ3n) is 4.82. The average molecular weight is 544 g/mol. The molecule has 1 N–H and O–H groups in total. The summed E-state index contributed by atoms with van der Waals surface area (Å²) in [7, 11) is 0. The number of aliphatic hydroxyl groups excluding tert-OH is 1. The normalized spacial score (nSPS) is 11.6. The van der Waals surface area contributed by atoms with E-state index < -0.39 is 42.2 Å². The predicted molar refractivity (Wildman–Crippen MR) is 116 cm³/mol. The van der Waals surface area contributed by atoms with E-state index in [9.17, 15) is 35.1 Å². The van der Waals surface area contributed by atoms with Gasteiger partial charge in [-0.25, -0.2) is 28.7 Å². The van der Waals surface area contributed by atoms with E-state index >= 15 is 0 Å². The van der Waals surface area contributed by atoms with Gasteiger partial charge in [0.2, 0.25) is 11.6 Å². The van der Waals surface area contributed by atoms with Crippen LogP contribution in [0.15, 0.2) is 49.3 Å². The monoisotopic (exact) mass is 544 g/mol. The van der Waals surface area contributed by atoms with Gasteiger partial charge in [-0.2, -0.15) is 26.3 Å². The van der Waals surface area contributed by atoms with Crippen molar-refractivity contribution in [3.63, 3.8) is 0 Å². The lowest BCUT2D eigenvalue weighted by Gasteiger charge is -2.06. The zero-order valence-electron chi connectivity index (χ0n) is 19.2. The number of hydrogen-bond acceptors (Lipinski definition) is 7. The van der Waals surface area contributed by atoms with Gasteiger partial charge in [0.05, 0.1) is 30.4 Å². The molecular weight excluding hydrogens is 528 g/mol. The maximum Gasteiger partial charge on any atom is 0.451 e. The first-order valence-corrected chi connectivity index (χ1v) is 10.5. The van der Waals surface area contributed by atoms with E-state index in [4.69, 9.17) is 5.11 Å². The van der Waals surface area contributed by atoms with E-state index in [0.717, 1.165) is 37.2 Å². The minimum Gasteiger partial charge on any atom is -0.392 e. The van der Waals surface area contributed by atoms with Crippen LogP contribution in [0.1, 0.15) is 29.7 Å². The zero-order valence-corrected chi connectivity index (χ0v) is 19.2. The van der Waals surface area contributed by atoms with Gasteiger partial charge in [0, 0.05) is 41.5 Å². The Hall–Kier alpha value is -4.14. The molecule has 0 amide bonds. The second-order valence-corrected chi connectivity index (χ2v) is 7.42. The molecule has 0 aliphatic rings. The highest BCUT2D eigenvalue weighted by molar-refractivity contribution is 5.58. The summed E-state index contributed by atoms with van der Waals surface area (Å²) in [4.78, 5) is 20.3. The Morgan fingerprint density at radius 1 is 0.605 bits per heavy atom. The summed E-state index contributed by atoms with van der Waals surface area (Å²) in [5.41, 5.74) is 1.45. The molecule has 4 aromatic rings. The van der Waals surface area contributed by atoms with Crippen LogP contribution in [0.5, 0.6) is 0 Å². The van der Waals surface area contributed by atoms with Crippen LogP contribution in [-0.2, 0) is 25.4 Å². The molecule has 0 unspecified atom stereocenters. The Balaban J connectivity index is 0.000000211. The van der Waals surface area contributed by atoms with E-state index in [2.05, 4.69) is 29.9 Å². The van der Waals surface area contributed by atoms with Crippen molar-refractivity contribution in [3.8, 4) is 22.5 Å². The summed E-state index contributed by atoms with van der Waals surface area (Å²) in [5, 5.41) is 8.89. The van der Waals surface area contributed by atoms with Crippen molar-refractivity contribution < 1.29 is 40.2 Å². The van der Waals surface area contributed by atoms with E-state index in [0.29, 0.717) is 23.2 Å². The predicted octanol–water partition coefficient (Wildman–Crippen LogP) is 5.45. The smallest absolute Gasteiger partial charge is 0.392 e. The summed E-state index contributed by atoms with van der Waals surface area (Å²) >= 11 is 0. The number of pyridine rings is 2. The van der Waals surface area contributed by atoms with Gasteiger partial charge in [0.15, 0.2) is 0 Å². The lowest BCUT2D eigenvalue weighted by Crippen LogP contribution is -2.10. The first-order chi connectivity index (χ1) is 17.8. The average Bonchev–Trinajstić information content (AvgIpc) is 2.89. The molecule has 4 rings (SSSR count). The largest absolute Gasteiger partial charge is 0.451 e. The molecule has 200 valence electrons. The third kappa shape index (κ3) is 7.00. The highest BCUT2D eigenvalue weighted by Gasteiger charge is 2.35. The van der Waals surface area contributed by atoms with Crippen LogP contribution in [0.4, 0.5) is 35.1 Å². The first kappa shape index (κ1) is 28.4. The standard InChI is InChI=1S/C12H9F4N3.C11H7F4N3O/c1-2-7-3-10(17-6-9(7)13)8-4-18-11(19-5-8)12(14,15)16;12-8-4-16-9(1-6(8)5-19)7-2-17-10(18-3-7)11(13,14)15/h3-6H,2H2,1H3;1-4,19H,5H2. The van der Waals surface area contributed by atoms with Crippen molar-refractivity contribution in [1.29, 1.82) is 0 Å². The fraction of sp³-hybridized carbons (Fsp3) is 0.217. The molecule has 0 bridgehead atoms. The van der Waals surface area contributed by atoms with E-state index in [1.165, 1.54) is 12.1 Å². The summed E-state index contributed by atoms with van der Waals surface area (Å²) in [6.45, 7) is 1.23. The van der Waals surface area contributed by atoms with Crippen molar-refractivity contribution in [1.82, 2.24) is 29.9 Å². The van der Waals surface area contributed by atoms with Crippen molar-refractivity contribution >= 4 is 0 Å². The second-order valence-electron chi connectivity index (χ2n) is 7.42. The quantitative estimate of drug-likeness (QED) is 0.342. The maximum absolute atomic E-state index is 13.3. The Labute approximate surface area is 209 Å². The SMILES string of the molecule is CCc1cc(-c2cnc(C(F)(F)F)nc2)ncc1F.OCc1cc(-c2cnc(C(F)(F)F)nc2)ncc1F. The summed E-state index contributed by atoms with van der Waals surface area (Å²) < 4.78 is 100. The van der Waals surface area contributed by atoms with Gasteiger partial charge in [-0.3, -0.25) is 9.97 Å². The Morgan fingerprint density at radius 2 is 0.974 bits per heavy atom. The summed E-state index contributed by atoms with van der Waals surface area (Å²) in [5.74, 6) is -3.62. The minimum atomic E-state index is -4.62. The third-order valence-corrected chi connectivity index (χ3v) is 4.82. The number of aliphatic hydroxyl groups is 1. The molecule has 0 fully saturated rings. The molecular formula is C23H16F8N6O. The number of alkyl halides is 6. The number of aromatic nitrogens is 6. The van der Waals surface area contributed by atoms with Crippen LogP contribution in [0, 0.1) is 11.6 Å². The van der Waals surface area contributed by atoms with Gasteiger partial charge >= 0.3 is 12.4 Å². The van der Waals surface area contributed by atoms with Gasteiger partial charge in [-0.05, 0) is 24.1 Å². The van der Waals surface area contributed by atoms with Gasteiger partial charge < -0.3 is 5.11 Å². The van der Waals surface area contributed by atoms with Crippen molar-refractivity contribution in [2.75, 3.05) is 0 Å². The molecule has 4 aromatic heterocycles. The van der Waals surface area contributed by atoms with Crippen molar-refractivity contribution in [2.45, 2.75) is 32.3 Å². The summed E-state index contributed by atoms with van der Waals surface area (Å²) in [6.07, 6.45) is -2.90. The van der Waals surface area contributed by atoms with Gasteiger partial charge in [0.1, 0.15) is 11.6 Å². The molecule has 4 heterocycles. The minimum absolute atomic E-state index is 0.00935. The van der Waals surface area contributed by atoms with Gasteiger partial charge in [-0.15, -0.1) is 0 Å². The van der Waals surface area contributed by atoms with Crippen LogP contribution in [0.25, 0.3) is 22.5 Å². The van der Waals surface area contributed by atoms with E-state index in [1.54, 1.807) is 6.92 Å². The Morgan fingerprint density at radius 3 is 1.32 bits per heavy atom. The molecule has 0 saturated heterocycles. The lowest BCUT2D eigenvalue weighted by atomic mass is 10.1. The van der Waals surface area contributed by atoms with Crippen LogP contribution in [0.3, 0.4) is 0 Å². The number of halogens is 8. The first-order valence-electron chi connectivity index (χ1n) is 10.5. The van der Waals surface area contributed by atoms with Crippen molar-refractivity contribution in [2.24, 2.45) is 0 Å². The molecule has 0 aliphatic carbocycles. The lowest BCUT2D eigenvalue weighted by molar-refractivity contribution is -0.145. The van der Waals surface area contributed by atoms with Crippen LogP contribution >= 0.6 is 0 Å². The number of hydrogen-bond donors (Lipinski definition) is 1. The second kappa shape index (κ2) is 11.5. The highest BCUT2D eigenvalue weighted by Crippen LogP contribution is 2.28. The van der Waals surface area contributed by atoms with Gasteiger partial charge in [0.25, 0.3) is 0 Å². The van der Waals surface area contributed by atoms with Gasteiger partial charge in [-0.1, -0.05) is 6.92 Å². The topological polar surface area (TPSA) is 97.6 Å². The fourth-order valence-electron chi connectivity index (χ4n) is 2.88. The number of rotatable bonds is 4. The van der Waals surface area contributed by atoms with Crippen molar-refractivity contribution in [3.05, 3.63) is 83.7 Å². The van der Waals surface area contributed by atoms with E-state index in [-0.39, 0.29) is 16.8 Å². The zero-order chi connectivity index (χ0) is 28.1. The molecule has 0 saturated carbocycles. The van der Waals surface area contributed by atoms with E-state index in [1.807, 2.05) is 0 Å². The molecule has 38 heavy (non-hydrogen) atoms. The summed E-state index contributed by atoms with van der Waals surface area (Å²) in [6, 6.07) is 2.70. The number of nitrogens with zero attached hydrogens (tertiary/aromatic N) is 6. The maximum atomic E-state index is 13.3. The molecule has 0 spiro atoms. The van der Waals surface area contributed by atoms with Crippen LogP contribution in [0.2, 0.25) is 0 Å². The van der Waals surface area contributed by atoms with Crippen LogP contribution < -0.4 is 0 Å². The number of aryl methyl sites for hydroxylation is 1. The Bertz CT molecular complexity index is 1270. The van der Waals surface area contributed by atoms with Crippen LogP contribution in [-0.4, -0.2) is 35.0 Å². The fourth-order valence-corrected chi connectivity index (χ4v) is 2.88. The molecule has 0 radical (unpaired) electrons.